The van der Waals surface area contributed by atoms with Crippen molar-refractivity contribution in [2.75, 3.05) is 34.4 Å². The van der Waals surface area contributed by atoms with E-state index in [1.54, 1.807) is 21.3 Å². The molecule has 0 spiro atoms. The molecular weight excluding hydrogens is 495 g/mol. The Bertz CT molecular complexity index is 831. The summed E-state index contributed by atoms with van der Waals surface area (Å²) < 4.78 is 16.4. The van der Waals surface area contributed by atoms with Crippen molar-refractivity contribution in [3.05, 3.63) is 46.9 Å². The Labute approximate surface area is 196 Å². The number of likely N-dealkylation sites (tertiary alicyclic amines) is 1. The number of guanidine groups is 1. The van der Waals surface area contributed by atoms with Crippen molar-refractivity contribution in [3.8, 4) is 11.5 Å². The van der Waals surface area contributed by atoms with Crippen LogP contribution in [0.25, 0.3) is 0 Å². The fourth-order valence-electron chi connectivity index (χ4n) is 3.74. The average Bonchev–Trinajstić information content (AvgIpc) is 3.29. The van der Waals surface area contributed by atoms with Crippen LogP contribution in [0.2, 0.25) is 0 Å². The zero-order chi connectivity index (χ0) is 20.8. The second kappa shape index (κ2) is 11.5. The molecule has 2 heterocycles. The Kier molecular flexibility index (Phi) is 9.29. The van der Waals surface area contributed by atoms with Crippen LogP contribution in [0, 0.1) is 13.8 Å². The Morgan fingerprint density at radius 3 is 2.43 bits per heavy atom. The third-order valence-corrected chi connectivity index (χ3v) is 5.24. The van der Waals surface area contributed by atoms with Crippen molar-refractivity contribution >= 4 is 29.9 Å². The molecule has 1 saturated heterocycles. The van der Waals surface area contributed by atoms with Crippen molar-refractivity contribution in [3.63, 3.8) is 0 Å². The number of aryl methyl sites for hydroxylation is 2. The molecule has 3 rings (SSSR count). The summed E-state index contributed by atoms with van der Waals surface area (Å²) in [5.41, 5.74) is 2.35. The minimum Gasteiger partial charge on any atom is -0.497 e. The second-order valence-electron chi connectivity index (χ2n) is 7.45. The van der Waals surface area contributed by atoms with E-state index in [1.807, 2.05) is 19.9 Å². The Balaban J connectivity index is 0.00000320. The number of nitrogens with zero attached hydrogens (tertiary/aromatic N) is 2. The molecule has 0 amide bonds. The molecule has 1 aromatic carbocycles. The minimum atomic E-state index is 0. The molecule has 1 aromatic heterocycles. The van der Waals surface area contributed by atoms with Gasteiger partial charge >= 0.3 is 0 Å². The number of ether oxygens (including phenoxy) is 2. The van der Waals surface area contributed by atoms with Gasteiger partial charge in [-0.05, 0) is 44.0 Å². The molecule has 0 saturated carbocycles. The van der Waals surface area contributed by atoms with Gasteiger partial charge in [-0.25, -0.2) is 0 Å². The Morgan fingerprint density at radius 1 is 1.17 bits per heavy atom. The summed E-state index contributed by atoms with van der Waals surface area (Å²) >= 11 is 0. The number of furan rings is 1. The summed E-state index contributed by atoms with van der Waals surface area (Å²) in [5.74, 6) is 4.34. The normalized spacial score (nSPS) is 16.8. The number of hydrogen-bond donors (Lipinski definition) is 2. The fraction of sp³-hybridized carbons (Fsp3) is 0.500. The lowest BCUT2D eigenvalue weighted by atomic mass is 10.2. The summed E-state index contributed by atoms with van der Waals surface area (Å²) in [6, 6.07) is 8.46. The van der Waals surface area contributed by atoms with Gasteiger partial charge in [0.1, 0.15) is 23.0 Å². The van der Waals surface area contributed by atoms with Gasteiger partial charge in [0.05, 0.1) is 14.2 Å². The topological polar surface area (TPSA) is 71.3 Å². The first-order valence-corrected chi connectivity index (χ1v) is 9.98. The summed E-state index contributed by atoms with van der Waals surface area (Å²) in [4.78, 5) is 6.80. The molecule has 7 nitrogen and oxygen atoms in total. The van der Waals surface area contributed by atoms with Crippen LogP contribution in [0.5, 0.6) is 11.5 Å². The van der Waals surface area contributed by atoms with Crippen LogP contribution in [-0.2, 0) is 13.1 Å². The third-order valence-electron chi connectivity index (χ3n) is 5.24. The third kappa shape index (κ3) is 6.53. The zero-order valence-corrected chi connectivity index (χ0v) is 20.8. The van der Waals surface area contributed by atoms with Crippen LogP contribution >= 0.6 is 24.0 Å². The lowest BCUT2D eigenvalue weighted by Gasteiger charge is -2.19. The van der Waals surface area contributed by atoms with E-state index in [9.17, 15) is 0 Å². The second-order valence-corrected chi connectivity index (χ2v) is 7.45. The van der Waals surface area contributed by atoms with Crippen molar-refractivity contribution in [1.29, 1.82) is 0 Å². The maximum Gasteiger partial charge on any atom is 0.191 e. The van der Waals surface area contributed by atoms with E-state index in [-0.39, 0.29) is 24.0 Å². The van der Waals surface area contributed by atoms with Gasteiger partial charge in [0.2, 0.25) is 0 Å². The molecule has 1 unspecified atom stereocenters. The molecule has 0 aliphatic carbocycles. The van der Waals surface area contributed by atoms with Gasteiger partial charge in [0.15, 0.2) is 5.96 Å². The molecular formula is C22H33IN4O3. The quantitative estimate of drug-likeness (QED) is 0.326. The molecule has 0 radical (unpaired) electrons. The van der Waals surface area contributed by atoms with Gasteiger partial charge in [-0.3, -0.25) is 9.89 Å². The van der Waals surface area contributed by atoms with Crippen molar-refractivity contribution < 1.29 is 13.9 Å². The fourth-order valence-corrected chi connectivity index (χ4v) is 3.74. The van der Waals surface area contributed by atoms with Gasteiger partial charge in [-0.2, -0.15) is 0 Å². The summed E-state index contributed by atoms with van der Waals surface area (Å²) in [5, 5.41) is 6.93. The largest absolute Gasteiger partial charge is 0.497 e. The predicted octanol–water partition coefficient (Wildman–Crippen LogP) is 3.47. The van der Waals surface area contributed by atoms with Gasteiger partial charge in [0, 0.05) is 50.9 Å². The molecule has 2 aromatic rings. The van der Waals surface area contributed by atoms with E-state index >= 15 is 0 Å². The van der Waals surface area contributed by atoms with E-state index in [0.717, 1.165) is 60.6 Å². The highest BCUT2D eigenvalue weighted by Gasteiger charge is 2.23. The number of rotatable bonds is 7. The molecule has 0 bridgehead atoms. The highest BCUT2D eigenvalue weighted by molar-refractivity contribution is 14.0. The molecule has 2 N–H and O–H groups in total. The standard InChI is InChI=1S/C22H32N4O3.HI/c1-15-8-18(16(2)29-15)12-24-22(23-3)25-19-6-7-26(14-19)13-17-9-20(27-4)11-21(10-17)28-5;/h8-11,19H,6-7,12-14H2,1-5H3,(H2,23,24,25);1H. The number of hydrogen-bond acceptors (Lipinski definition) is 5. The Morgan fingerprint density at radius 2 is 1.87 bits per heavy atom. The van der Waals surface area contributed by atoms with Crippen LogP contribution in [0.4, 0.5) is 0 Å². The van der Waals surface area contributed by atoms with E-state index < -0.39 is 0 Å². The van der Waals surface area contributed by atoms with Crippen LogP contribution < -0.4 is 20.1 Å². The molecule has 1 aliphatic rings. The highest BCUT2D eigenvalue weighted by Crippen LogP contribution is 2.24. The van der Waals surface area contributed by atoms with Crippen molar-refractivity contribution in [2.24, 2.45) is 4.99 Å². The van der Waals surface area contributed by atoms with Crippen LogP contribution in [0.15, 0.2) is 33.7 Å². The summed E-state index contributed by atoms with van der Waals surface area (Å²) in [7, 11) is 5.16. The summed E-state index contributed by atoms with van der Waals surface area (Å²) in [6.07, 6.45) is 1.08. The average molecular weight is 528 g/mol. The molecule has 1 fully saturated rings. The zero-order valence-electron chi connectivity index (χ0n) is 18.4. The maximum atomic E-state index is 5.59. The van der Waals surface area contributed by atoms with Crippen LogP contribution in [0.1, 0.15) is 29.1 Å². The number of methoxy groups -OCH3 is 2. The SMILES string of the molecule is CN=C(NCc1cc(C)oc1C)NC1CCN(Cc2cc(OC)cc(OC)c2)C1.I. The molecule has 30 heavy (non-hydrogen) atoms. The van der Waals surface area contributed by atoms with Gasteiger partial charge < -0.3 is 24.5 Å². The number of nitrogens with one attached hydrogen (secondary N) is 2. The lowest BCUT2D eigenvalue weighted by Crippen LogP contribution is -2.44. The lowest BCUT2D eigenvalue weighted by molar-refractivity contribution is 0.321. The minimum absolute atomic E-state index is 0. The number of halogens is 1. The van der Waals surface area contributed by atoms with Gasteiger partial charge in [0.25, 0.3) is 0 Å². The summed E-state index contributed by atoms with van der Waals surface area (Å²) in [6.45, 7) is 7.52. The van der Waals surface area contributed by atoms with Gasteiger partial charge in [-0.15, -0.1) is 24.0 Å². The van der Waals surface area contributed by atoms with Crippen molar-refractivity contribution in [1.82, 2.24) is 15.5 Å². The predicted molar refractivity (Wildman–Crippen MR) is 130 cm³/mol. The monoisotopic (exact) mass is 528 g/mol. The molecule has 166 valence electrons. The number of aliphatic imine (C=N–C) groups is 1. The molecule has 1 aliphatic heterocycles. The van der Waals surface area contributed by atoms with Crippen molar-refractivity contribution in [2.45, 2.75) is 39.4 Å². The molecule has 1 atom stereocenters. The Hall–Kier alpha value is -1.94. The van der Waals surface area contributed by atoms with Crippen LogP contribution in [0.3, 0.4) is 0 Å². The highest BCUT2D eigenvalue weighted by atomic mass is 127. The first-order valence-electron chi connectivity index (χ1n) is 9.98. The smallest absolute Gasteiger partial charge is 0.191 e. The first-order chi connectivity index (χ1) is 14.0. The van der Waals surface area contributed by atoms with E-state index in [2.05, 4.69) is 38.7 Å². The first kappa shape index (κ1) is 24.3. The van der Waals surface area contributed by atoms with Crippen LogP contribution in [-0.4, -0.2) is 51.3 Å². The molecule has 8 heteroatoms. The van der Waals surface area contributed by atoms with E-state index in [1.165, 1.54) is 5.56 Å². The van der Waals surface area contributed by atoms with E-state index in [0.29, 0.717) is 12.6 Å². The van der Waals surface area contributed by atoms with E-state index in [4.69, 9.17) is 13.9 Å². The maximum absolute atomic E-state index is 5.59. The van der Waals surface area contributed by atoms with Gasteiger partial charge in [-0.1, -0.05) is 0 Å². The number of benzene rings is 1.